The number of carbonyl (C=O) groups is 4. The minimum atomic E-state index is -1.21. The lowest BCUT2D eigenvalue weighted by Crippen LogP contribution is -2.56. The maximum Gasteiger partial charge on any atom is 0.410 e. The van der Waals surface area contributed by atoms with Crippen LogP contribution in [0.25, 0.3) is 0 Å². The van der Waals surface area contributed by atoms with E-state index < -0.39 is 53.9 Å². The van der Waals surface area contributed by atoms with Crippen LogP contribution in [-0.4, -0.2) is 115 Å². The van der Waals surface area contributed by atoms with Crippen LogP contribution in [0.4, 0.5) is 9.59 Å². The Bertz CT molecular complexity index is 1540. The number of amides is 4. The highest BCUT2D eigenvalue weighted by atomic mass is 32.2. The zero-order chi connectivity index (χ0) is 40.7. The van der Waals surface area contributed by atoms with Crippen molar-refractivity contribution in [1.82, 2.24) is 30.4 Å². The number of likely N-dealkylation sites (tertiary alicyclic amines) is 1. The first-order valence-electron chi connectivity index (χ1n) is 19.8. The van der Waals surface area contributed by atoms with Crippen molar-refractivity contribution in [1.29, 1.82) is 0 Å². The van der Waals surface area contributed by atoms with Crippen molar-refractivity contribution in [3.63, 3.8) is 0 Å². The molecule has 4 rings (SSSR count). The normalized spacial score (nSPS) is 17.7. The molecule has 4 amide bonds. The number of nitrogens with one attached hydrogen (secondary N) is 3. The van der Waals surface area contributed by atoms with Crippen molar-refractivity contribution < 1.29 is 38.9 Å². The van der Waals surface area contributed by atoms with Gasteiger partial charge in [-0.25, -0.2) is 14.6 Å². The van der Waals surface area contributed by atoms with Gasteiger partial charge >= 0.3 is 12.2 Å². The summed E-state index contributed by atoms with van der Waals surface area (Å²) in [6.45, 7) is 5.93. The van der Waals surface area contributed by atoms with Crippen molar-refractivity contribution in [3.05, 3.63) is 47.8 Å². The van der Waals surface area contributed by atoms with Crippen molar-refractivity contribution in [3.8, 4) is 0 Å². The van der Waals surface area contributed by atoms with Gasteiger partial charge in [0, 0.05) is 44.1 Å². The lowest BCUT2D eigenvalue weighted by atomic mass is 9.83. The zero-order valence-corrected chi connectivity index (χ0v) is 35.2. The number of nitrogens with zero attached hydrogens (tertiary/aromatic N) is 3. The molecule has 14 nitrogen and oxygen atoms in total. The molecule has 1 aromatic carbocycles. The van der Waals surface area contributed by atoms with Crippen molar-refractivity contribution >= 4 is 47.5 Å². The third-order valence-electron chi connectivity index (χ3n) is 10.2. The van der Waals surface area contributed by atoms with Gasteiger partial charge in [-0.3, -0.25) is 9.59 Å². The maximum atomic E-state index is 14.0. The van der Waals surface area contributed by atoms with Crippen LogP contribution in [0, 0.1) is 5.92 Å². The predicted octanol–water partition coefficient (Wildman–Crippen LogP) is 4.80. The molecule has 312 valence electrons. The summed E-state index contributed by atoms with van der Waals surface area (Å²) < 4.78 is 13.1. The number of ether oxygens (including phenoxy) is 2. The topological polar surface area (TPSA) is 184 Å². The Hall–Kier alpha value is -3.47. The summed E-state index contributed by atoms with van der Waals surface area (Å²) in [6.07, 6.45) is 7.96. The lowest BCUT2D eigenvalue weighted by Gasteiger charge is -2.33. The van der Waals surface area contributed by atoms with Crippen molar-refractivity contribution in [2.75, 3.05) is 30.9 Å². The molecule has 0 unspecified atom stereocenters. The van der Waals surface area contributed by atoms with Crippen molar-refractivity contribution in [2.45, 2.75) is 133 Å². The SMILES string of the molecule is CSC[C@H](NC(=O)[C@H](Cc1ccccc1)OC(=O)N1CCC(NC(=O)OC(C)(C)C)CC1)C(=O)N[C@@H](CC1CCCCC1)[C@@H](O)CCSc1ncc(CO)n1C. The van der Waals surface area contributed by atoms with E-state index in [9.17, 15) is 29.4 Å². The Morgan fingerprint density at radius 1 is 1.00 bits per heavy atom. The predicted molar refractivity (Wildman–Crippen MR) is 218 cm³/mol. The average molecular weight is 819 g/mol. The number of alkyl carbamates (subject to hydrolysis) is 1. The third-order valence-corrected chi connectivity index (χ3v) is 11.9. The highest BCUT2D eigenvalue weighted by molar-refractivity contribution is 7.99. The highest BCUT2D eigenvalue weighted by Gasteiger charge is 2.34. The summed E-state index contributed by atoms with van der Waals surface area (Å²) in [4.78, 5) is 59.6. The molecule has 1 saturated heterocycles. The average Bonchev–Trinajstić information content (AvgIpc) is 3.52. The quantitative estimate of drug-likeness (QED) is 0.130. The Labute approximate surface area is 340 Å². The van der Waals surface area contributed by atoms with Gasteiger partial charge in [-0.15, -0.1) is 0 Å². The van der Waals surface area contributed by atoms with E-state index in [1.807, 2.05) is 48.2 Å². The van der Waals surface area contributed by atoms with E-state index in [-0.39, 0.29) is 24.8 Å². The van der Waals surface area contributed by atoms with Gasteiger partial charge in [-0.05, 0) is 64.2 Å². The highest BCUT2D eigenvalue weighted by Crippen LogP contribution is 2.29. The molecule has 0 radical (unpaired) electrons. The Kier molecular flexibility index (Phi) is 18.1. The molecular weight excluding hydrogens is 757 g/mol. The van der Waals surface area contributed by atoms with E-state index in [4.69, 9.17) is 9.47 Å². The zero-order valence-electron chi connectivity index (χ0n) is 33.5. The summed E-state index contributed by atoms with van der Waals surface area (Å²) in [5.41, 5.74) is 0.870. The van der Waals surface area contributed by atoms with E-state index in [2.05, 4.69) is 20.9 Å². The van der Waals surface area contributed by atoms with E-state index in [0.717, 1.165) is 36.4 Å². The number of hydrogen-bond donors (Lipinski definition) is 5. The van der Waals surface area contributed by atoms with E-state index >= 15 is 0 Å². The molecule has 2 aromatic rings. The number of aromatic nitrogens is 2. The Morgan fingerprint density at radius 2 is 1.70 bits per heavy atom. The summed E-state index contributed by atoms with van der Waals surface area (Å²) >= 11 is 2.88. The first-order valence-corrected chi connectivity index (χ1v) is 22.1. The third kappa shape index (κ3) is 14.8. The monoisotopic (exact) mass is 818 g/mol. The number of piperidine rings is 1. The van der Waals surface area contributed by atoms with E-state index in [1.54, 1.807) is 27.0 Å². The number of imidazole rings is 1. The number of rotatable bonds is 18. The largest absolute Gasteiger partial charge is 0.444 e. The second kappa shape index (κ2) is 22.5. The molecule has 1 aliphatic carbocycles. The van der Waals surface area contributed by atoms with Crippen LogP contribution in [0.1, 0.15) is 89.8 Å². The van der Waals surface area contributed by atoms with Crippen LogP contribution >= 0.6 is 23.5 Å². The first kappa shape index (κ1) is 45.2. The minimum absolute atomic E-state index is 0.110. The maximum absolute atomic E-state index is 14.0. The van der Waals surface area contributed by atoms with Crippen molar-refractivity contribution in [2.24, 2.45) is 13.0 Å². The summed E-state index contributed by atoms with van der Waals surface area (Å²) in [5.74, 6) is 0.219. The van der Waals surface area contributed by atoms with Gasteiger partial charge in [-0.2, -0.15) is 11.8 Å². The fourth-order valence-corrected chi connectivity index (χ4v) is 8.61. The number of benzene rings is 1. The van der Waals surface area contributed by atoms with Crippen LogP contribution in [0.2, 0.25) is 0 Å². The molecule has 56 heavy (non-hydrogen) atoms. The standard InChI is InChI=1S/C40H62N6O8S2/c1-40(2,3)54-38(51)42-29-16-19-46(20-17-29)39(52)53-34(23-28-14-10-7-11-15-28)36(50)44-32(26-55-5)35(49)43-31(22-27-12-8-6-9-13-27)33(48)18-21-56-37-41-24-30(25-47)45(37)4/h7,10-11,14-15,24,27,29,31-34,47-48H,6,8-9,12-13,16-23,25-26H2,1-5H3,(H,42,51)(H,43,49)(H,44,50)/t31-,32-,33-,34-/m0/s1. The molecule has 4 atom stereocenters. The number of thioether (sulfide) groups is 2. The molecular formula is C40H62N6O8S2. The number of hydrogen-bond acceptors (Lipinski definition) is 11. The van der Waals surface area contributed by atoms with Crippen LogP contribution in [0.5, 0.6) is 0 Å². The van der Waals surface area contributed by atoms with Gasteiger partial charge < -0.3 is 45.1 Å². The number of carbonyl (C=O) groups excluding carboxylic acids is 4. The van der Waals surface area contributed by atoms with Crippen LogP contribution in [0.15, 0.2) is 41.7 Å². The molecule has 1 aliphatic heterocycles. The molecule has 0 bridgehead atoms. The number of aliphatic hydroxyl groups is 2. The van der Waals surface area contributed by atoms with Gasteiger partial charge in [0.25, 0.3) is 5.91 Å². The molecule has 1 aromatic heterocycles. The van der Waals surface area contributed by atoms with Gasteiger partial charge in [0.05, 0.1) is 30.6 Å². The molecule has 16 heteroatoms. The fourth-order valence-electron chi connectivity index (χ4n) is 7.06. The van der Waals surface area contributed by atoms with Crippen LogP contribution in [0.3, 0.4) is 0 Å². The Balaban J connectivity index is 1.40. The first-order chi connectivity index (χ1) is 26.8. The molecule has 5 N–H and O–H groups in total. The van der Waals surface area contributed by atoms with Crippen LogP contribution in [-0.2, 0) is 39.1 Å². The van der Waals surface area contributed by atoms with E-state index in [1.165, 1.54) is 34.8 Å². The summed E-state index contributed by atoms with van der Waals surface area (Å²) in [6, 6.07) is 7.63. The molecule has 1 saturated carbocycles. The summed E-state index contributed by atoms with van der Waals surface area (Å²) in [7, 11) is 1.84. The number of aliphatic hydroxyl groups excluding tert-OH is 2. The van der Waals surface area contributed by atoms with Crippen LogP contribution < -0.4 is 16.0 Å². The molecule has 0 spiro atoms. The Morgan fingerprint density at radius 3 is 2.32 bits per heavy atom. The molecule has 2 heterocycles. The van der Waals surface area contributed by atoms with Gasteiger partial charge in [0.2, 0.25) is 5.91 Å². The second-order valence-electron chi connectivity index (χ2n) is 15.8. The van der Waals surface area contributed by atoms with Gasteiger partial charge in [-0.1, -0.05) is 74.2 Å². The van der Waals surface area contributed by atoms with Gasteiger partial charge in [0.15, 0.2) is 11.3 Å². The minimum Gasteiger partial charge on any atom is -0.444 e. The smallest absolute Gasteiger partial charge is 0.410 e. The van der Waals surface area contributed by atoms with Gasteiger partial charge in [0.1, 0.15) is 11.6 Å². The fraction of sp³-hybridized carbons (Fsp3) is 0.675. The lowest BCUT2D eigenvalue weighted by molar-refractivity contribution is -0.134. The second-order valence-corrected chi connectivity index (χ2v) is 17.8. The molecule has 2 fully saturated rings. The molecule has 2 aliphatic rings. The summed E-state index contributed by atoms with van der Waals surface area (Å²) in [5, 5.41) is 30.6. The van der Waals surface area contributed by atoms with E-state index in [0.29, 0.717) is 56.1 Å².